The average molecular weight is 254 g/mol. The van der Waals surface area contributed by atoms with Crippen LogP contribution in [0.15, 0.2) is 0 Å². The molecule has 0 heterocycles. The van der Waals surface area contributed by atoms with Crippen molar-refractivity contribution in [1.29, 1.82) is 0 Å². The van der Waals surface area contributed by atoms with E-state index in [1.165, 1.54) is 35.1 Å². The minimum Gasteiger partial charge on any atom is -0.137 e. The Bertz CT molecular complexity index is 315. The molecule has 0 aliphatic heterocycles. The van der Waals surface area contributed by atoms with E-state index < -0.39 is 0 Å². The van der Waals surface area contributed by atoms with Gasteiger partial charge in [-0.25, -0.2) is 0 Å². The largest absolute Gasteiger partial charge is 0.137 e. The van der Waals surface area contributed by atoms with Crippen molar-refractivity contribution in [2.24, 2.45) is 0 Å². The minimum atomic E-state index is 1.16. The molecular weight excluding hydrogens is 230 g/mol. The first-order valence-corrected chi connectivity index (χ1v) is 7.66. The maximum Gasteiger partial charge on any atom is -0.0239 e. The van der Waals surface area contributed by atoms with Crippen molar-refractivity contribution in [2.45, 2.75) is 40.5 Å². The summed E-state index contributed by atoms with van der Waals surface area (Å²) in [6.45, 7) is 9.13. The van der Waals surface area contributed by atoms with Gasteiger partial charge < -0.3 is 0 Å². The second-order valence-electron chi connectivity index (χ2n) is 4.53. The number of hydrogen-bond donors (Lipinski definition) is 0. The molecular formula is C14H24P2. The monoisotopic (exact) mass is 254 g/mol. The quantitative estimate of drug-likeness (QED) is 0.718. The molecule has 0 amide bonds. The summed E-state index contributed by atoms with van der Waals surface area (Å²) in [4.78, 5) is 0. The summed E-state index contributed by atoms with van der Waals surface area (Å²) >= 11 is 0. The molecule has 16 heavy (non-hydrogen) atoms. The Kier molecular flexibility index (Phi) is 5.42. The van der Waals surface area contributed by atoms with Crippen molar-refractivity contribution in [3.8, 4) is 0 Å². The molecule has 0 bridgehead atoms. The Morgan fingerprint density at radius 3 is 1.06 bits per heavy atom. The lowest BCUT2D eigenvalue weighted by Gasteiger charge is -2.20. The second-order valence-corrected chi connectivity index (χ2v) is 5.69. The molecule has 0 aromatic heterocycles. The fourth-order valence-electron chi connectivity index (χ4n) is 2.51. The van der Waals surface area contributed by atoms with E-state index in [2.05, 4.69) is 46.2 Å². The van der Waals surface area contributed by atoms with Gasteiger partial charge in [-0.15, -0.1) is 18.5 Å². The molecule has 0 fully saturated rings. The summed E-state index contributed by atoms with van der Waals surface area (Å²) in [6.07, 6.45) is 4.68. The summed E-state index contributed by atoms with van der Waals surface area (Å²) in [6, 6.07) is 0. The van der Waals surface area contributed by atoms with Crippen LogP contribution in [-0.2, 0) is 12.8 Å². The summed E-state index contributed by atoms with van der Waals surface area (Å²) in [5.41, 5.74) is 9.19. The van der Waals surface area contributed by atoms with E-state index in [0.717, 1.165) is 12.3 Å². The SMILES string of the molecule is Cc1c(C)c(CCP)c(C)c(C)c1CCP. The highest BCUT2D eigenvalue weighted by Gasteiger charge is 2.13. The normalized spacial score (nSPS) is 10.9. The molecule has 0 radical (unpaired) electrons. The van der Waals surface area contributed by atoms with Gasteiger partial charge in [0.05, 0.1) is 0 Å². The van der Waals surface area contributed by atoms with Crippen molar-refractivity contribution in [2.75, 3.05) is 12.3 Å². The lowest BCUT2D eigenvalue weighted by molar-refractivity contribution is 1.01. The van der Waals surface area contributed by atoms with Crippen LogP contribution in [0.2, 0.25) is 0 Å². The van der Waals surface area contributed by atoms with E-state index in [4.69, 9.17) is 0 Å². The van der Waals surface area contributed by atoms with Crippen LogP contribution in [0.5, 0.6) is 0 Å². The first-order valence-electron chi connectivity index (χ1n) is 6.02. The highest BCUT2D eigenvalue weighted by Crippen LogP contribution is 2.28. The zero-order valence-electron chi connectivity index (χ0n) is 11.0. The Labute approximate surface area is 105 Å². The third-order valence-electron chi connectivity index (χ3n) is 3.72. The Morgan fingerprint density at radius 1 is 0.625 bits per heavy atom. The van der Waals surface area contributed by atoms with Crippen LogP contribution in [0.3, 0.4) is 0 Å². The van der Waals surface area contributed by atoms with Gasteiger partial charge >= 0.3 is 0 Å². The molecule has 1 aromatic carbocycles. The molecule has 0 aliphatic carbocycles. The van der Waals surface area contributed by atoms with Gasteiger partial charge in [-0.05, 0) is 86.2 Å². The van der Waals surface area contributed by atoms with Crippen LogP contribution < -0.4 is 0 Å². The maximum atomic E-state index is 2.84. The van der Waals surface area contributed by atoms with Gasteiger partial charge in [0.15, 0.2) is 0 Å². The van der Waals surface area contributed by atoms with Crippen LogP contribution in [0.1, 0.15) is 33.4 Å². The molecule has 2 heteroatoms. The van der Waals surface area contributed by atoms with Crippen LogP contribution in [0, 0.1) is 27.7 Å². The molecule has 0 spiro atoms. The lowest BCUT2D eigenvalue weighted by atomic mass is 9.87. The molecule has 1 aromatic rings. The summed E-state index contributed by atoms with van der Waals surface area (Å²) in [5.74, 6) is 0. The van der Waals surface area contributed by atoms with Crippen molar-refractivity contribution in [1.82, 2.24) is 0 Å². The highest BCUT2D eigenvalue weighted by atomic mass is 31.0. The van der Waals surface area contributed by atoms with Gasteiger partial charge in [0, 0.05) is 0 Å². The molecule has 2 atom stereocenters. The second kappa shape index (κ2) is 6.13. The first-order chi connectivity index (χ1) is 7.54. The fraction of sp³-hybridized carbons (Fsp3) is 0.571. The van der Waals surface area contributed by atoms with Gasteiger partial charge in [0.25, 0.3) is 0 Å². The molecule has 0 nitrogen and oxygen atoms in total. The molecule has 2 unspecified atom stereocenters. The van der Waals surface area contributed by atoms with Crippen molar-refractivity contribution < 1.29 is 0 Å². The average Bonchev–Trinajstić information content (AvgIpc) is 2.28. The minimum absolute atomic E-state index is 1.16. The van der Waals surface area contributed by atoms with Gasteiger partial charge in [0.1, 0.15) is 0 Å². The molecule has 1 rings (SSSR count). The lowest BCUT2D eigenvalue weighted by Crippen LogP contribution is -2.06. The molecule has 90 valence electrons. The van der Waals surface area contributed by atoms with E-state index in [1.54, 1.807) is 11.1 Å². The summed E-state index contributed by atoms with van der Waals surface area (Å²) in [5, 5.41) is 0. The summed E-state index contributed by atoms with van der Waals surface area (Å²) < 4.78 is 0. The zero-order chi connectivity index (χ0) is 12.3. The van der Waals surface area contributed by atoms with Crippen molar-refractivity contribution >= 4 is 18.5 Å². The van der Waals surface area contributed by atoms with Gasteiger partial charge in [-0.3, -0.25) is 0 Å². The topological polar surface area (TPSA) is 0 Å². The Morgan fingerprint density at radius 2 is 0.875 bits per heavy atom. The smallest absolute Gasteiger partial charge is 0.0239 e. The maximum absolute atomic E-state index is 2.84. The number of rotatable bonds is 4. The molecule has 0 saturated heterocycles. The number of benzene rings is 1. The molecule has 0 saturated carbocycles. The molecule has 0 N–H and O–H groups in total. The van der Waals surface area contributed by atoms with Gasteiger partial charge in [-0.2, -0.15) is 0 Å². The third-order valence-corrected chi connectivity index (χ3v) is 4.30. The predicted molar refractivity (Wildman–Crippen MR) is 82.0 cm³/mol. The predicted octanol–water partition coefficient (Wildman–Crippen LogP) is 3.76. The van der Waals surface area contributed by atoms with Crippen LogP contribution in [-0.4, -0.2) is 12.3 Å². The van der Waals surface area contributed by atoms with E-state index in [1.807, 2.05) is 0 Å². The zero-order valence-corrected chi connectivity index (χ0v) is 13.3. The van der Waals surface area contributed by atoms with E-state index in [0.29, 0.717) is 0 Å². The van der Waals surface area contributed by atoms with E-state index >= 15 is 0 Å². The standard InChI is InChI=1S/C14H24P2/c1-9-10(2)14(6-8-16)12(4)11(3)13(9)5-7-15/h5-8,15-16H2,1-4H3. The van der Waals surface area contributed by atoms with Gasteiger partial charge in [0.2, 0.25) is 0 Å². The van der Waals surface area contributed by atoms with E-state index in [9.17, 15) is 0 Å². The van der Waals surface area contributed by atoms with E-state index in [-0.39, 0.29) is 0 Å². The number of hydrogen-bond acceptors (Lipinski definition) is 0. The Balaban J connectivity index is 3.37. The van der Waals surface area contributed by atoms with Crippen LogP contribution in [0.25, 0.3) is 0 Å². The van der Waals surface area contributed by atoms with Crippen LogP contribution >= 0.6 is 18.5 Å². The highest BCUT2D eigenvalue weighted by molar-refractivity contribution is 7.16. The van der Waals surface area contributed by atoms with Crippen LogP contribution in [0.4, 0.5) is 0 Å². The Hall–Kier alpha value is 0.0800. The third kappa shape index (κ3) is 2.66. The first kappa shape index (κ1) is 14.1. The fourth-order valence-corrected chi connectivity index (χ4v) is 3.08. The van der Waals surface area contributed by atoms with Gasteiger partial charge in [-0.1, -0.05) is 0 Å². The van der Waals surface area contributed by atoms with Crippen molar-refractivity contribution in [3.63, 3.8) is 0 Å². The summed E-state index contributed by atoms with van der Waals surface area (Å²) in [7, 11) is 5.67. The van der Waals surface area contributed by atoms with Crippen molar-refractivity contribution in [3.05, 3.63) is 33.4 Å². The molecule has 0 aliphatic rings.